The van der Waals surface area contributed by atoms with Gasteiger partial charge in [0, 0.05) is 52.7 Å². The van der Waals surface area contributed by atoms with E-state index < -0.39 is 17.7 Å². The van der Waals surface area contributed by atoms with Gasteiger partial charge in [0.05, 0.1) is 27.9 Å². The Morgan fingerprint density at radius 1 is 1.04 bits per heavy atom. The van der Waals surface area contributed by atoms with Gasteiger partial charge in [-0.3, -0.25) is 4.68 Å². The Hall–Kier alpha value is -3.46. The van der Waals surface area contributed by atoms with Gasteiger partial charge in [-0.2, -0.15) is 5.10 Å². The summed E-state index contributed by atoms with van der Waals surface area (Å²) >= 11 is 7.97. The topological polar surface area (TPSA) is 69.5 Å². The molecule has 3 aromatic carbocycles. The highest BCUT2D eigenvalue weighted by molar-refractivity contribution is 7.22. The number of carbonyl (C=O) groups excluding carboxylic acids is 1. The summed E-state index contributed by atoms with van der Waals surface area (Å²) in [5, 5.41) is 7.71. The van der Waals surface area contributed by atoms with Crippen molar-refractivity contribution in [2.24, 2.45) is 12.5 Å². The van der Waals surface area contributed by atoms with Gasteiger partial charge in [0.1, 0.15) is 5.01 Å². The largest absolute Gasteiger partial charge is 0.464 e. The van der Waals surface area contributed by atoms with E-state index in [0.29, 0.717) is 10.4 Å². The zero-order valence-electron chi connectivity index (χ0n) is 28.2. The monoisotopic (exact) mass is 670 g/mol. The number of esters is 1. The number of anilines is 1. The highest BCUT2D eigenvalue weighted by Gasteiger charge is 2.44. The van der Waals surface area contributed by atoms with E-state index in [0.717, 1.165) is 72.9 Å². The Balaban J connectivity index is 1.36. The van der Waals surface area contributed by atoms with E-state index in [4.69, 9.17) is 31.2 Å². The second-order valence-electron chi connectivity index (χ2n) is 14.3. The molecule has 2 fully saturated rings. The molecule has 0 unspecified atom stereocenters. The van der Waals surface area contributed by atoms with Crippen LogP contribution in [0.3, 0.4) is 0 Å². The molecule has 47 heavy (non-hydrogen) atoms. The lowest BCUT2D eigenvalue weighted by Gasteiger charge is -2.52. The number of carbonyl (C=O) groups is 1. The lowest BCUT2D eigenvalue weighted by Crippen LogP contribution is -2.57. The van der Waals surface area contributed by atoms with Gasteiger partial charge in [-0.1, -0.05) is 43.0 Å². The molecule has 3 heterocycles. The summed E-state index contributed by atoms with van der Waals surface area (Å²) in [4.78, 5) is 21.2. The van der Waals surface area contributed by atoms with E-state index in [-0.39, 0.29) is 6.61 Å². The van der Waals surface area contributed by atoms with Gasteiger partial charge in [0.15, 0.2) is 11.9 Å². The van der Waals surface area contributed by atoms with Crippen molar-refractivity contribution in [2.75, 3.05) is 24.6 Å². The molecule has 0 radical (unpaired) electrons. The molecule has 1 atom stereocenters. The number of aryl methyl sites for hydroxylation is 2. The Morgan fingerprint density at radius 3 is 2.43 bits per heavy atom. The molecule has 1 aliphatic carbocycles. The van der Waals surface area contributed by atoms with Crippen molar-refractivity contribution in [3.8, 4) is 21.7 Å². The number of nitrogens with zero attached hydrogens (tertiary/aromatic N) is 4. The molecule has 0 N–H and O–H groups in total. The molecule has 1 saturated carbocycles. The molecule has 1 aliphatic heterocycles. The summed E-state index contributed by atoms with van der Waals surface area (Å²) in [5.41, 5.74) is 6.51. The Labute approximate surface area is 285 Å². The summed E-state index contributed by atoms with van der Waals surface area (Å²) in [5.74, 6) is 0.665. The van der Waals surface area contributed by atoms with E-state index in [1.807, 2.05) is 70.6 Å². The maximum atomic E-state index is 13.5. The first-order chi connectivity index (χ1) is 22.4. The molecule has 0 bridgehead atoms. The van der Waals surface area contributed by atoms with E-state index in [1.165, 1.54) is 32.1 Å². The third kappa shape index (κ3) is 6.05. The number of thiazole rings is 1. The van der Waals surface area contributed by atoms with Crippen LogP contribution in [0.15, 0.2) is 48.5 Å². The van der Waals surface area contributed by atoms with Crippen LogP contribution < -0.4 is 4.90 Å². The van der Waals surface area contributed by atoms with Crippen LogP contribution in [0.1, 0.15) is 77.0 Å². The second kappa shape index (κ2) is 12.2. The lowest BCUT2D eigenvalue weighted by atomic mass is 9.68. The number of halogens is 1. The first-order valence-corrected chi connectivity index (χ1v) is 17.9. The lowest BCUT2D eigenvalue weighted by molar-refractivity contribution is -0.166. The third-order valence-corrected chi connectivity index (χ3v) is 11.0. The number of aromatic nitrogens is 3. The molecule has 246 valence electrons. The maximum absolute atomic E-state index is 13.5. The number of hydrogen-bond acceptors (Lipinski definition) is 7. The Kier molecular flexibility index (Phi) is 8.34. The number of hydrogen-bond donors (Lipinski definition) is 0. The molecule has 7 rings (SSSR count). The smallest absolute Gasteiger partial charge is 0.339 e. The minimum atomic E-state index is -0.908. The molecule has 1 spiro atoms. The van der Waals surface area contributed by atoms with Crippen molar-refractivity contribution in [2.45, 2.75) is 78.4 Å². The summed E-state index contributed by atoms with van der Waals surface area (Å²) in [6.45, 7) is 12.2. The Morgan fingerprint density at radius 2 is 1.74 bits per heavy atom. The highest BCUT2D eigenvalue weighted by Crippen LogP contribution is 2.48. The fraction of sp³-hybridized carbons (Fsp3) is 0.447. The molecular weight excluding hydrogens is 628 g/mol. The Bertz CT molecular complexity index is 1960. The molecule has 5 aromatic rings. The average molecular weight is 671 g/mol. The van der Waals surface area contributed by atoms with Gasteiger partial charge < -0.3 is 14.4 Å². The van der Waals surface area contributed by atoms with Crippen LogP contribution in [0.4, 0.5) is 5.82 Å². The van der Waals surface area contributed by atoms with Crippen LogP contribution in [-0.2, 0) is 21.3 Å². The van der Waals surface area contributed by atoms with Gasteiger partial charge >= 0.3 is 5.97 Å². The predicted molar refractivity (Wildman–Crippen MR) is 192 cm³/mol. The SMILES string of the molecule is CCOC(=O)[C@@H](OC(C)(C)C)c1c(C)cc2nc(-c3ccc4c(c3)c(N3CC5(CCCCC5)C3)nn4C)sc2c1-c1ccc(Cl)cc1. The van der Waals surface area contributed by atoms with E-state index >= 15 is 0 Å². The van der Waals surface area contributed by atoms with Crippen molar-refractivity contribution in [3.63, 3.8) is 0 Å². The van der Waals surface area contributed by atoms with Gasteiger partial charge in [-0.15, -0.1) is 11.3 Å². The molecule has 2 aliphatic rings. The normalized spacial score (nSPS) is 17.0. The van der Waals surface area contributed by atoms with Crippen molar-refractivity contribution in [1.82, 2.24) is 14.8 Å². The molecule has 1 saturated heterocycles. The predicted octanol–water partition coefficient (Wildman–Crippen LogP) is 9.67. The van der Waals surface area contributed by atoms with Crippen LogP contribution in [-0.4, -0.2) is 46.0 Å². The maximum Gasteiger partial charge on any atom is 0.339 e. The molecule has 9 heteroatoms. The van der Waals surface area contributed by atoms with Crippen LogP contribution in [0.25, 0.3) is 42.8 Å². The van der Waals surface area contributed by atoms with E-state index in [9.17, 15) is 4.79 Å². The highest BCUT2D eigenvalue weighted by atomic mass is 35.5. The van der Waals surface area contributed by atoms with Crippen LogP contribution >= 0.6 is 22.9 Å². The summed E-state index contributed by atoms with van der Waals surface area (Å²) < 4.78 is 15.0. The fourth-order valence-electron chi connectivity index (χ4n) is 7.52. The van der Waals surface area contributed by atoms with Crippen molar-refractivity contribution < 1.29 is 14.3 Å². The molecule has 0 amide bonds. The number of ether oxygens (including phenoxy) is 2. The number of benzene rings is 3. The summed E-state index contributed by atoms with van der Waals surface area (Å²) in [6.07, 6.45) is 5.82. The van der Waals surface area contributed by atoms with Crippen LogP contribution in [0, 0.1) is 12.3 Å². The minimum absolute atomic E-state index is 0.266. The van der Waals surface area contributed by atoms with Crippen molar-refractivity contribution in [1.29, 1.82) is 0 Å². The van der Waals surface area contributed by atoms with E-state index in [2.05, 4.69) is 29.2 Å². The van der Waals surface area contributed by atoms with Crippen LogP contribution in [0.2, 0.25) is 5.02 Å². The zero-order chi connectivity index (χ0) is 33.1. The standard InChI is InChI=1S/C38H43ClN4O3S/c1-7-45-36(44)32(46-37(3,4)5)30-23(2)19-28-33(31(30)24-11-14-26(39)15-12-24)47-35(40-28)25-13-16-29-27(20-25)34(41-42(29)6)43-21-38(22-43)17-9-8-10-18-38/h11-16,19-20,32H,7-10,17-18,21-22H2,1-6H3/t32-/m0/s1. The minimum Gasteiger partial charge on any atom is -0.464 e. The van der Waals surface area contributed by atoms with Gasteiger partial charge in [0.2, 0.25) is 0 Å². The summed E-state index contributed by atoms with van der Waals surface area (Å²) in [7, 11) is 2.03. The van der Waals surface area contributed by atoms with Gasteiger partial charge in [0.25, 0.3) is 0 Å². The molecule has 2 aromatic heterocycles. The van der Waals surface area contributed by atoms with Crippen molar-refractivity contribution >= 4 is 55.8 Å². The second-order valence-corrected chi connectivity index (χ2v) is 15.7. The molecule has 7 nitrogen and oxygen atoms in total. The fourth-order valence-corrected chi connectivity index (χ4v) is 8.76. The quantitative estimate of drug-likeness (QED) is 0.161. The van der Waals surface area contributed by atoms with Crippen molar-refractivity contribution in [3.05, 3.63) is 64.7 Å². The third-order valence-electron chi connectivity index (χ3n) is 9.64. The van der Waals surface area contributed by atoms with Gasteiger partial charge in [-0.05, 0) is 95.0 Å². The number of rotatable bonds is 7. The zero-order valence-corrected chi connectivity index (χ0v) is 29.7. The molecular formula is C38H43ClN4O3S. The first-order valence-electron chi connectivity index (χ1n) is 16.7. The average Bonchev–Trinajstić information content (AvgIpc) is 3.59. The summed E-state index contributed by atoms with van der Waals surface area (Å²) in [6, 6.07) is 16.4. The van der Waals surface area contributed by atoms with E-state index in [1.54, 1.807) is 11.3 Å². The van der Waals surface area contributed by atoms with Gasteiger partial charge in [-0.25, -0.2) is 9.78 Å². The van der Waals surface area contributed by atoms with Crippen LogP contribution in [0.5, 0.6) is 0 Å². The first kappa shape index (κ1) is 32.1. The number of fused-ring (bicyclic) bond motifs is 2.